The number of fused-ring (bicyclic) bond motifs is 1. The lowest BCUT2D eigenvalue weighted by Gasteiger charge is -2.14. The lowest BCUT2D eigenvalue weighted by Crippen LogP contribution is -2.22. The summed E-state index contributed by atoms with van der Waals surface area (Å²) in [5, 5.41) is 10.0. The predicted octanol–water partition coefficient (Wildman–Crippen LogP) is 4.73. The van der Waals surface area contributed by atoms with Crippen LogP contribution >= 0.6 is 11.8 Å². The van der Waals surface area contributed by atoms with E-state index in [9.17, 15) is 10.1 Å². The number of rotatable bonds is 6. The van der Waals surface area contributed by atoms with Gasteiger partial charge in [-0.15, -0.1) is 0 Å². The maximum Gasteiger partial charge on any atom is 0.266 e. The van der Waals surface area contributed by atoms with Crippen LogP contribution in [0, 0.1) is 11.3 Å². The Morgan fingerprint density at radius 2 is 1.92 bits per heavy atom. The standard InChI is InChI=1S/C21H21N3OS/c1-3-4-7-16-10-12-17(13-11-16)24-20(25)18-8-5-6-9-19(18)23-21(24)26-15(2)14-22/h5-6,8-13,15H,3-4,7H2,1-2H3. The average molecular weight is 363 g/mol. The molecule has 0 aliphatic carbocycles. The van der Waals surface area contributed by atoms with Crippen molar-refractivity contribution in [3.8, 4) is 11.8 Å². The van der Waals surface area contributed by atoms with Crippen LogP contribution in [-0.2, 0) is 6.42 Å². The highest BCUT2D eigenvalue weighted by atomic mass is 32.2. The number of hydrogen-bond acceptors (Lipinski definition) is 4. The Kier molecular flexibility index (Phi) is 5.75. The van der Waals surface area contributed by atoms with Gasteiger partial charge in [0, 0.05) is 0 Å². The molecule has 4 nitrogen and oxygen atoms in total. The molecule has 0 aliphatic rings. The van der Waals surface area contributed by atoms with Gasteiger partial charge < -0.3 is 0 Å². The Labute approximate surface area is 157 Å². The Hall–Kier alpha value is -2.58. The van der Waals surface area contributed by atoms with E-state index in [-0.39, 0.29) is 10.8 Å². The second-order valence-corrected chi connectivity index (χ2v) is 7.52. The van der Waals surface area contributed by atoms with Crippen LogP contribution in [0.2, 0.25) is 0 Å². The summed E-state index contributed by atoms with van der Waals surface area (Å²) in [6, 6.07) is 17.6. The van der Waals surface area contributed by atoms with Gasteiger partial charge in [-0.3, -0.25) is 9.36 Å². The zero-order chi connectivity index (χ0) is 18.5. The lowest BCUT2D eigenvalue weighted by atomic mass is 10.1. The van der Waals surface area contributed by atoms with Gasteiger partial charge >= 0.3 is 0 Å². The fourth-order valence-electron chi connectivity index (χ4n) is 2.80. The molecule has 0 fully saturated rings. The van der Waals surface area contributed by atoms with Crippen LogP contribution in [0.15, 0.2) is 58.5 Å². The zero-order valence-electron chi connectivity index (χ0n) is 15.0. The third kappa shape index (κ3) is 3.81. The van der Waals surface area contributed by atoms with Crippen LogP contribution in [0.5, 0.6) is 0 Å². The summed E-state index contributed by atoms with van der Waals surface area (Å²) in [5.74, 6) is 0. The largest absolute Gasteiger partial charge is 0.268 e. The average Bonchev–Trinajstić information content (AvgIpc) is 2.67. The van der Waals surface area contributed by atoms with Gasteiger partial charge in [0.15, 0.2) is 5.16 Å². The van der Waals surface area contributed by atoms with Crippen LogP contribution in [0.25, 0.3) is 16.6 Å². The third-order valence-electron chi connectivity index (χ3n) is 4.22. The summed E-state index contributed by atoms with van der Waals surface area (Å²) in [5.41, 5.74) is 2.59. The first-order chi connectivity index (χ1) is 12.6. The molecule has 1 atom stereocenters. The molecule has 0 radical (unpaired) electrons. The van der Waals surface area contributed by atoms with Crippen molar-refractivity contribution in [2.75, 3.05) is 0 Å². The number of hydrogen-bond donors (Lipinski definition) is 0. The predicted molar refractivity (Wildman–Crippen MR) is 107 cm³/mol. The van der Waals surface area contributed by atoms with Gasteiger partial charge in [-0.25, -0.2) is 4.98 Å². The Bertz CT molecular complexity index is 1000. The van der Waals surface area contributed by atoms with Gasteiger partial charge in [0.05, 0.1) is 27.9 Å². The monoisotopic (exact) mass is 363 g/mol. The molecule has 0 aliphatic heterocycles. The maximum atomic E-state index is 13.1. The molecule has 0 amide bonds. The molecule has 0 spiro atoms. The van der Waals surface area contributed by atoms with Crippen LogP contribution in [-0.4, -0.2) is 14.8 Å². The van der Waals surface area contributed by atoms with Gasteiger partial charge in [-0.1, -0.05) is 49.4 Å². The van der Waals surface area contributed by atoms with E-state index in [2.05, 4.69) is 30.1 Å². The van der Waals surface area contributed by atoms with Gasteiger partial charge in [0.1, 0.15) is 0 Å². The molecule has 0 bridgehead atoms. The topological polar surface area (TPSA) is 58.7 Å². The van der Waals surface area contributed by atoms with E-state index in [1.54, 1.807) is 10.6 Å². The number of thioether (sulfide) groups is 1. The highest BCUT2D eigenvalue weighted by molar-refractivity contribution is 8.00. The summed E-state index contributed by atoms with van der Waals surface area (Å²) in [7, 11) is 0. The van der Waals surface area contributed by atoms with Crippen molar-refractivity contribution in [1.82, 2.24) is 9.55 Å². The van der Waals surface area contributed by atoms with Gasteiger partial charge in [0.25, 0.3) is 5.56 Å². The molecule has 3 aromatic rings. The first-order valence-electron chi connectivity index (χ1n) is 8.81. The molecule has 1 unspecified atom stereocenters. The van der Waals surface area contributed by atoms with Crippen LogP contribution in [0.4, 0.5) is 0 Å². The summed E-state index contributed by atoms with van der Waals surface area (Å²) >= 11 is 1.30. The number of para-hydroxylation sites is 1. The molecule has 26 heavy (non-hydrogen) atoms. The molecule has 0 saturated heterocycles. The van der Waals surface area contributed by atoms with Gasteiger partial charge in [-0.2, -0.15) is 5.26 Å². The molecule has 0 N–H and O–H groups in total. The molecular weight excluding hydrogens is 342 g/mol. The Balaban J connectivity index is 2.13. The number of unbranched alkanes of at least 4 members (excludes halogenated alkanes) is 1. The summed E-state index contributed by atoms with van der Waals surface area (Å²) in [4.78, 5) is 17.8. The van der Waals surface area contributed by atoms with Crippen molar-refractivity contribution < 1.29 is 0 Å². The van der Waals surface area contributed by atoms with E-state index in [1.807, 2.05) is 37.3 Å². The molecular formula is C21H21N3OS. The Morgan fingerprint density at radius 3 is 2.62 bits per heavy atom. The number of benzene rings is 2. The smallest absolute Gasteiger partial charge is 0.266 e. The summed E-state index contributed by atoms with van der Waals surface area (Å²) in [6.07, 6.45) is 3.34. The number of nitrogens with zero attached hydrogens (tertiary/aromatic N) is 3. The zero-order valence-corrected chi connectivity index (χ0v) is 15.8. The second-order valence-electron chi connectivity index (χ2n) is 6.21. The fourth-order valence-corrected chi connectivity index (χ4v) is 3.61. The maximum absolute atomic E-state index is 13.1. The quantitative estimate of drug-likeness (QED) is 0.469. The minimum absolute atomic E-state index is 0.107. The number of aryl methyl sites for hydroxylation is 1. The van der Waals surface area contributed by atoms with Crippen molar-refractivity contribution in [1.29, 1.82) is 5.26 Å². The van der Waals surface area contributed by atoms with E-state index in [1.165, 1.54) is 17.3 Å². The normalized spacial score (nSPS) is 12.0. The third-order valence-corrected chi connectivity index (χ3v) is 5.17. The molecule has 0 saturated carbocycles. The molecule has 5 heteroatoms. The van der Waals surface area contributed by atoms with Crippen molar-refractivity contribution >= 4 is 22.7 Å². The van der Waals surface area contributed by atoms with Crippen LogP contribution < -0.4 is 5.56 Å². The van der Waals surface area contributed by atoms with E-state index in [4.69, 9.17) is 0 Å². The minimum Gasteiger partial charge on any atom is -0.268 e. The lowest BCUT2D eigenvalue weighted by molar-refractivity contribution is 0.791. The van der Waals surface area contributed by atoms with E-state index in [0.29, 0.717) is 16.1 Å². The minimum atomic E-state index is -0.293. The fraction of sp³-hybridized carbons (Fsp3) is 0.286. The van der Waals surface area contributed by atoms with Crippen molar-refractivity contribution in [3.05, 3.63) is 64.4 Å². The Morgan fingerprint density at radius 1 is 1.19 bits per heavy atom. The first-order valence-corrected chi connectivity index (χ1v) is 9.69. The molecule has 2 aromatic carbocycles. The SMILES string of the molecule is CCCCc1ccc(-n2c(SC(C)C#N)nc3ccccc3c2=O)cc1. The molecule has 1 aromatic heterocycles. The first kappa shape index (κ1) is 18.2. The van der Waals surface area contributed by atoms with Crippen molar-refractivity contribution in [2.45, 2.75) is 43.5 Å². The molecule has 3 rings (SSSR count). The molecule has 1 heterocycles. The van der Waals surface area contributed by atoms with Crippen LogP contribution in [0.1, 0.15) is 32.3 Å². The number of nitriles is 1. The van der Waals surface area contributed by atoms with E-state index >= 15 is 0 Å². The number of aromatic nitrogens is 2. The highest BCUT2D eigenvalue weighted by Crippen LogP contribution is 2.25. The second kappa shape index (κ2) is 8.20. The van der Waals surface area contributed by atoms with Crippen molar-refractivity contribution in [2.24, 2.45) is 0 Å². The summed E-state index contributed by atoms with van der Waals surface area (Å²) in [6.45, 7) is 3.98. The van der Waals surface area contributed by atoms with Crippen LogP contribution in [0.3, 0.4) is 0 Å². The van der Waals surface area contributed by atoms with Gasteiger partial charge in [0.2, 0.25) is 0 Å². The summed E-state index contributed by atoms with van der Waals surface area (Å²) < 4.78 is 1.62. The van der Waals surface area contributed by atoms with E-state index in [0.717, 1.165) is 24.9 Å². The highest BCUT2D eigenvalue weighted by Gasteiger charge is 2.15. The van der Waals surface area contributed by atoms with Gasteiger partial charge in [-0.05, 0) is 49.6 Å². The van der Waals surface area contributed by atoms with E-state index < -0.39 is 0 Å². The molecule has 132 valence electrons. The van der Waals surface area contributed by atoms with Crippen molar-refractivity contribution in [3.63, 3.8) is 0 Å².